The van der Waals surface area contributed by atoms with Crippen molar-refractivity contribution in [2.75, 3.05) is 45.3 Å². The Balaban J connectivity index is 1.45. The molecule has 0 N–H and O–H groups in total. The molecule has 0 aliphatic carbocycles. The number of hydrogen-bond donors (Lipinski definition) is 0. The molecule has 152 valence electrons. The fourth-order valence-electron chi connectivity index (χ4n) is 3.18. The molecule has 1 fully saturated rings. The van der Waals surface area contributed by atoms with Crippen LogP contribution in [0.4, 0.5) is 5.95 Å². The van der Waals surface area contributed by atoms with Crippen LogP contribution in [0.25, 0.3) is 11.5 Å². The van der Waals surface area contributed by atoms with Gasteiger partial charge >= 0.3 is 0 Å². The van der Waals surface area contributed by atoms with E-state index in [1.807, 2.05) is 18.2 Å². The van der Waals surface area contributed by atoms with Crippen LogP contribution in [-0.2, 0) is 6.67 Å². The zero-order chi connectivity index (χ0) is 20.2. The molecule has 4 rings (SSSR count). The van der Waals surface area contributed by atoms with Crippen LogP contribution in [0.1, 0.15) is 0 Å². The van der Waals surface area contributed by atoms with Gasteiger partial charge in [-0.15, -0.1) is 5.10 Å². The van der Waals surface area contributed by atoms with Crippen LogP contribution in [0.5, 0.6) is 11.5 Å². The molecule has 0 unspecified atom stereocenters. The number of rotatable bonds is 6. The van der Waals surface area contributed by atoms with Gasteiger partial charge in [-0.25, -0.2) is 14.6 Å². The summed E-state index contributed by atoms with van der Waals surface area (Å²) < 4.78 is 18.1. The highest BCUT2D eigenvalue weighted by Gasteiger charge is 2.20. The van der Waals surface area contributed by atoms with Crippen LogP contribution in [-0.4, -0.2) is 65.0 Å². The number of ether oxygens (including phenoxy) is 2. The molecule has 0 spiro atoms. The van der Waals surface area contributed by atoms with Gasteiger partial charge in [0.15, 0.2) is 0 Å². The second-order valence-corrected chi connectivity index (χ2v) is 6.92. The lowest BCUT2D eigenvalue weighted by molar-refractivity contribution is 0.191. The molecule has 0 bridgehead atoms. The summed E-state index contributed by atoms with van der Waals surface area (Å²) in [5, 5.41) is 4.56. The average Bonchev–Trinajstić information content (AvgIpc) is 3.14. The van der Waals surface area contributed by atoms with E-state index in [9.17, 15) is 0 Å². The number of methoxy groups -OCH3 is 2. The number of piperazine rings is 1. The predicted octanol–water partition coefficient (Wildman–Crippen LogP) is 2.46. The number of anilines is 1. The van der Waals surface area contributed by atoms with Gasteiger partial charge in [0.25, 0.3) is 4.84 Å². The summed E-state index contributed by atoms with van der Waals surface area (Å²) in [6.45, 7) is 3.96. The Labute approximate surface area is 173 Å². The predicted molar refractivity (Wildman–Crippen MR) is 110 cm³/mol. The molecule has 10 heteroatoms. The molecule has 1 aliphatic heterocycles. The Morgan fingerprint density at radius 2 is 1.66 bits per heavy atom. The summed E-state index contributed by atoms with van der Waals surface area (Å²) in [7, 11) is 3.21. The van der Waals surface area contributed by atoms with Crippen molar-refractivity contribution < 1.29 is 13.9 Å². The maximum absolute atomic E-state index is 5.73. The van der Waals surface area contributed by atoms with Crippen LogP contribution >= 0.6 is 12.2 Å². The van der Waals surface area contributed by atoms with Crippen molar-refractivity contribution in [2.45, 2.75) is 6.67 Å². The lowest BCUT2D eigenvalue weighted by Gasteiger charge is -2.34. The van der Waals surface area contributed by atoms with E-state index in [1.54, 1.807) is 37.4 Å². The Bertz CT molecular complexity index is 992. The van der Waals surface area contributed by atoms with Crippen molar-refractivity contribution in [3.05, 3.63) is 41.5 Å². The Morgan fingerprint density at radius 1 is 1.00 bits per heavy atom. The summed E-state index contributed by atoms with van der Waals surface area (Å²) in [4.78, 5) is 13.4. The maximum atomic E-state index is 5.73. The molecule has 1 saturated heterocycles. The first-order valence-electron chi connectivity index (χ1n) is 9.22. The SMILES string of the molecule is COc1cc(OC)cc(-c2nn(CN3CCN(c4ncccn4)CC3)c(=S)o2)c1. The molecular weight excluding hydrogens is 392 g/mol. The quantitative estimate of drug-likeness (QED) is 0.565. The molecule has 0 amide bonds. The third-order valence-corrected chi connectivity index (χ3v) is 5.04. The van der Waals surface area contributed by atoms with Crippen LogP contribution < -0.4 is 14.4 Å². The van der Waals surface area contributed by atoms with E-state index in [4.69, 9.17) is 26.1 Å². The van der Waals surface area contributed by atoms with Crippen molar-refractivity contribution in [1.82, 2.24) is 24.6 Å². The van der Waals surface area contributed by atoms with Crippen LogP contribution in [0.2, 0.25) is 0 Å². The molecule has 3 heterocycles. The summed E-state index contributed by atoms with van der Waals surface area (Å²) in [6, 6.07) is 7.30. The van der Waals surface area contributed by atoms with E-state index in [2.05, 4.69) is 24.9 Å². The first-order valence-corrected chi connectivity index (χ1v) is 9.63. The topological polar surface area (TPSA) is 81.7 Å². The van der Waals surface area contributed by atoms with E-state index in [0.29, 0.717) is 28.9 Å². The smallest absolute Gasteiger partial charge is 0.288 e. The molecule has 9 nitrogen and oxygen atoms in total. The number of hydrogen-bond acceptors (Lipinski definition) is 9. The van der Waals surface area contributed by atoms with Gasteiger partial charge in [0.1, 0.15) is 11.5 Å². The van der Waals surface area contributed by atoms with E-state index in [0.717, 1.165) is 37.7 Å². The van der Waals surface area contributed by atoms with E-state index >= 15 is 0 Å². The molecule has 29 heavy (non-hydrogen) atoms. The molecule has 2 aromatic heterocycles. The highest BCUT2D eigenvalue weighted by Crippen LogP contribution is 2.29. The summed E-state index contributed by atoms with van der Waals surface area (Å²) in [6.07, 6.45) is 3.52. The highest BCUT2D eigenvalue weighted by atomic mass is 32.1. The second kappa shape index (κ2) is 8.58. The van der Waals surface area contributed by atoms with Crippen molar-refractivity contribution in [3.63, 3.8) is 0 Å². The molecule has 1 aliphatic rings. The molecule has 3 aromatic rings. The first-order chi connectivity index (χ1) is 14.2. The summed E-state index contributed by atoms with van der Waals surface area (Å²) >= 11 is 5.38. The van der Waals surface area contributed by atoms with Gasteiger partial charge < -0.3 is 18.8 Å². The highest BCUT2D eigenvalue weighted by molar-refractivity contribution is 7.71. The number of benzene rings is 1. The van der Waals surface area contributed by atoms with Crippen molar-refractivity contribution >= 4 is 18.2 Å². The summed E-state index contributed by atoms with van der Waals surface area (Å²) in [5.41, 5.74) is 0.747. The van der Waals surface area contributed by atoms with Crippen molar-refractivity contribution in [3.8, 4) is 23.0 Å². The van der Waals surface area contributed by atoms with E-state index in [-0.39, 0.29) is 0 Å². The lowest BCUT2D eigenvalue weighted by atomic mass is 10.2. The van der Waals surface area contributed by atoms with Gasteiger partial charge in [-0.2, -0.15) is 0 Å². The molecule has 0 atom stereocenters. The van der Waals surface area contributed by atoms with Crippen molar-refractivity contribution in [1.29, 1.82) is 0 Å². The van der Waals surface area contributed by atoms with E-state index < -0.39 is 0 Å². The minimum absolute atomic E-state index is 0.329. The Morgan fingerprint density at radius 3 is 2.28 bits per heavy atom. The fourth-order valence-corrected chi connectivity index (χ4v) is 3.35. The van der Waals surface area contributed by atoms with Gasteiger partial charge in [0.05, 0.1) is 20.9 Å². The third kappa shape index (κ3) is 4.38. The molecular formula is C19H22N6O3S. The van der Waals surface area contributed by atoms with Crippen LogP contribution in [0.3, 0.4) is 0 Å². The standard InChI is InChI=1S/C19H22N6O3S/c1-26-15-10-14(11-16(12-15)27-2)17-22-25(19(29)28-17)13-23-6-8-24(9-7-23)18-20-4-3-5-21-18/h3-5,10-12H,6-9,13H2,1-2H3. The van der Waals surface area contributed by atoms with Gasteiger partial charge in [-0.05, 0) is 30.4 Å². The first kappa shape index (κ1) is 19.3. The zero-order valence-electron chi connectivity index (χ0n) is 16.3. The normalized spacial score (nSPS) is 14.8. The Hall–Kier alpha value is -2.98. The molecule has 0 saturated carbocycles. The molecule has 0 radical (unpaired) electrons. The van der Waals surface area contributed by atoms with Crippen LogP contribution in [0, 0.1) is 4.84 Å². The Kier molecular flexibility index (Phi) is 5.72. The van der Waals surface area contributed by atoms with E-state index in [1.165, 1.54) is 0 Å². The third-order valence-electron chi connectivity index (χ3n) is 4.75. The largest absolute Gasteiger partial charge is 0.497 e. The monoisotopic (exact) mass is 414 g/mol. The summed E-state index contributed by atoms with van der Waals surface area (Å²) in [5.74, 6) is 2.52. The molecule has 1 aromatic carbocycles. The second-order valence-electron chi connectivity index (χ2n) is 6.57. The number of nitrogens with zero attached hydrogens (tertiary/aromatic N) is 6. The van der Waals surface area contributed by atoms with Gasteiger partial charge in [0.2, 0.25) is 11.8 Å². The minimum Gasteiger partial charge on any atom is -0.497 e. The fraction of sp³-hybridized carbons (Fsp3) is 0.368. The van der Waals surface area contributed by atoms with Gasteiger partial charge in [0, 0.05) is 50.2 Å². The van der Waals surface area contributed by atoms with Gasteiger partial charge in [-0.3, -0.25) is 4.90 Å². The lowest BCUT2D eigenvalue weighted by Crippen LogP contribution is -2.47. The van der Waals surface area contributed by atoms with Gasteiger partial charge in [-0.1, -0.05) is 0 Å². The maximum Gasteiger partial charge on any atom is 0.288 e. The van der Waals surface area contributed by atoms with Crippen molar-refractivity contribution in [2.24, 2.45) is 0 Å². The number of aromatic nitrogens is 4. The minimum atomic E-state index is 0.329. The average molecular weight is 414 g/mol. The zero-order valence-corrected chi connectivity index (χ0v) is 17.1. The van der Waals surface area contributed by atoms with Crippen LogP contribution in [0.15, 0.2) is 41.1 Å².